The lowest BCUT2D eigenvalue weighted by molar-refractivity contribution is -0.156. The van der Waals surface area contributed by atoms with Crippen molar-refractivity contribution >= 4 is 21.7 Å². The van der Waals surface area contributed by atoms with E-state index in [4.69, 9.17) is 4.74 Å². The van der Waals surface area contributed by atoms with Crippen molar-refractivity contribution in [3.8, 4) is 0 Å². The number of carbonyl (C=O) groups is 2. The summed E-state index contributed by atoms with van der Waals surface area (Å²) in [6.07, 6.45) is 1.19. The van der Waals surface area contributed by atoms with Crippen molar-refractivity contribution in [3.63, 3.8) is 0 Å². The molecule has 7 heteroatoms. The number of esters is 1. The molecule has 1 aliphatic heterocycles. The molecule has 1 aliphatic rings. The largest absolute Gasteiger partial charge is 0.465 e. The van der Waals surface area contributed by atoms with E-state index in [-0.39, 0.29) is 18.9 Å². The number of hydrogen-bond acceptors (Lipinski definition) is 5. The van der Waals surface area contributed by atoms with Crippen molar-refractivity contribution in [2.45, 2.75) is 45.8 Å². The normalized spacial score (nSPS) is 22.6. The predicted octanol–water partition coefficient (Wildman–Crippen LogP) is 0.905. The van der Waals surface area contributed by atoms with Gasteiger partial charge >= 0.3 is 5.97 Å². The van der Waals surface area contributed by atoms with Crippen LogP contribution in [-0.4, -0.2) is 44.4 Å². The zero-order valence-electron chi connectivity index (χ0n) is 13.1. The third-order valence-corrected chi connectivity index (χ3v) is 5.89. The monoisotopic (exact) mass is 319 g/mol. The molecule has 122 valence electrons. The van der Waals surface area contributed by atoms with Crippen LogP contribution in [0.4, 0.5) is 0 Å². The topological polar surface area (TPSA) is 89.5 Å². The first-order valence-corrected chi connectivity index (χ1v) is 8.97. The van der Waals surface area contributed by atoms with Crippen LogP contribution in [0, 0.1) is 11.3 Å². The van der Waals surface area contributed by atoms with Crippen molar-refractivity contribution in [2.24, 2.45) is 11.3 Å². The summed E-state index contributed by atoms with van der Waals surface area (Å²) in [4.78, 5) is 24.2. The minimum Gasteiger partial charge on any atom is -0.465 e. The quantitative estimate of drug-likeness (QED) is 0.601. The first kappa shape index (κ1) is 17.9. The van der Waals surface area contributed by atoms with Crippen LogP contribution in [0.25, 0.3) is 0 Å². The lowest BCUT2D eigenvalue weighted by atomic mass is 9.80. The second kappa shape index (κ2) is 6.77. The number of sulfone groups is 1. The number of hydrogen-bond donors (Lipinski definition) is 1. The Morgan fingerprint density at radius 2 is 1.95 bits per heavy atom. The van der Waals surface area contributed by atoms with E-state index < -0.39 is 38.3 Å². The number of ether oxygens (including phenoxy) is 1. The number of rotatable bonds is 5. The van der Waals surface area contributed by atoms with Crippen LogP contribution >= 0.6 is 0 Å². The number of carbonyl (C=O) groups excluding carboxylic acids is 2. The van der Waals surface area contributed by atoms with Gasteiger partial charge in [0.2, 0.25) is 5.91 Å². The van der Waals surface area contributed by atoms with Gasteiger partial charge in [0.15, 0.2) is 9.84 Å². The van der Waals surface area contributed by atoms with E-state index in [2.05, 4.69) is 5.32 Å². The Morgan fingerprint density at radius 3 is 2.38 bits per heavy atom. The third kappa shape index (κ3) is 4.69. The van der Waals surface area contributed by atoms with E-state index in [1.54, 1.807) is 27.7 Å². The molecular weight excluding hydrogens is 294 g/mol. The average Bonchev–Trinajstić information content (AvgIpc) is 2.64. The van der Waals surface area contributed by atoms with E-state index in [1.165, 1.54) is 0 Å². The van der Waals surface area contributed by atoms with E-state index in [0.717, 1.165) is 0 Å². The Kier molecular flexibility index (Phi) is 5.78. The Hall–Kier alpha value is -1.11. The Morgan fingerprint density at radius 1 is 1.33 bits per heavy atom. The van der Waals surface area contributed by atoms with Gasteiger partial charge in [-0.05, 0) is 25.2 Å². The smallest absolute Gasteiger partial charge is 0.319 e. The van der Waals surface area contributed by atoms with Gasteiger partial charge in [0.25, 0.3) is 0 Å². The van der Waals surface area contributed by atoms with Crippen molar-refractivity contribution in [3.05, 3.63) is 0 Å². The van der Waals surface area contributed by atoms with Crippen LogP contribution in [0.2, 0.25) is 0 Å². The van der Waals surface area contributed by atoms with Gasteiger partial charge in [0.1, 0.15) is 5.92 Å². The maximum Gasteiger partial charge on any atom is 0.319 e. The SMILES string of the molecule is CCOC(=O)C(C(=O)NCC1CCCS1(=O)=O)C(C)(C)C. The van der Waals surface area contributed by atoms with Crippen LogP contribution in [-0.2, 0) is 24.2 Å². The zero-order chi connectivity index (χ0) is 16.3. The molecular formula is C14H25NO5S. The van der Waals surface area contributed by atoms with Crippen LogP contribution in [0.15, 0.2) is 0 Å². The molecule has 0 aliphatic carbocycles. The number of amides is 1. The van der Waals surface area contributed by atoms with Crippen LogP contribution in [0.3, 0.4) is 0 Å². The minimum absolute atomic E-state index is 0.0627. The Bertz CT molecular complexity index is 492. The summed E-state index contributed by atoms with van der Waals surface area (Å²) in [6.45, 7) is 7.28. The molecule has 0 aromatic heterocycles. The van der Waals surface area contributed by atoms with E-state index in [1.807, 2.05) is 0 Å². The molecule has 1 N–H and O–H groups in total. The maximum atomic E-state index is 12.3. The van der Waals surface area contributed by atoms with E-state index >= 15 is 0 Å². The van der Waals surface area contributed by atoms with Crippen molar-refractivity contribution in [1.82, 2.24) is 5.32 Å². The Labute approximate surface area is 126 Å². The fourth-order valence-electron chi connectivity index (χ4n) is 2.48. The highest BCUT2D eigenvalue weighted by Gasteiger charge is 2.40. The van der Waals surface area contributed by atoms with Gasteiger partial charge in [-0.25, -0.2) is 8.42 Å². The van der Waals surface area contributed by atoms with Gasteiger partial charge in [-0.1, -0.05) is 20.8 Å². The van der Waals surface area contributed by atoms with Crippen LogP contribution in [0.1, 0.15) is 40.5 Å². The summed E-state index contributed by atoms with van der Waals surface area (Å²) < 4.78 is 28.4. The summed E-state index contributed by atoms with van der Waals surface area (Å²) in [7, 11) is -3.11. The second-order valence-electron chi connectivity index (χ2n) is 6.43. The molecule has 1 saturated heterocycles. The number of nitrogens with one attached hydrogen (secondary N) is 1. The van der Waals surface area contributed by atoms with Gasteiger partial charge in [0, 0.05) is 6.54 Å². The van der Waals surface area contributed by atoms with E-state index in [9.17, 15) is 18.0 Å². The zero-order valence-corrected chi connectivity index (χ0v) is 14.0. The fourth-order valence-corrected chi connectivity index (χ4v) is 4.25. The molecule has 2 atom stereocenters. The summed E-state index contributed by atoms with van der Waals surface area (Å²) in [6, 6.07) is 0. The lowest BCUT2D eigenvalue weighted by Crippen LogP contribution is -2.46. The van der Waals surface area contributed by atoms with Crippen LogP contribution < -0.4 is 5.32 Å². The minimum atomic E-state index is -3.11. The van der Waals surface area contributed by atoms with Crippen molar-refractivity contribution < 1.29 is 22.7 Å². The van der Waals surface area contributed by atoms with E-state index in [0.29, 0.717) is 12.8 Å². The van der Waals surface area contributed by atoms with Gasteiger partial charge in [0.05, 0.1) is 17.6 Å². The molecule has 0 spiro atoms. The molecule has 2 unspecified atom stereocenters. The molecule has 1 amide bonds. The molecule has 1 fully saturated rings. The summed E-state index contributed by atoms with van der Waals surface area (Å²) in [5, 5.41) is 2.07. The molecule has 0 aromatic carbocycles. The Balaban J connectivity index is 2.72. The van der Waals surface area contributed by atoms with Gasteiger partial charge in [-0.15, -0.1) is 0 Å². The molecule has 0 aromatic rings. The average molecular weight is 319 g/mol. The van der Waals surface area contributed by atoms with Gasteiger partial charge in [-0.2, -0.15) is 0 Å². The lowest BCUT2D eigenvalue weighted by Gasteiger charge is -2.28. The molecule has 1 rings (SSSR count). The summed E-state index contributed by atoms with van der Waals surface area (Å²) in [5.41, 5.74) is -0.592. The highest BCUT2D eigenvalue weighted by Crippen LogP contribution is 2.27. The molecule has 21 heavy (non-hydrogen) atoms. The maximum absolute atomic E-state index is 12.3. The first-order chi connectivity index (χ1) is 9.59. The molecule has 6 nitrogen and oxygen atoms in total. The third-order valence-electron chi connectivity index (χ3n) is 3.62. The van der Waals surface area contributed by atoms with Crippen LogP contribution in [0.5, 0.6) is 0 Å². The highest BCUT2D eigenvalue weighted by atomic mass is 32.2. The van der Waals surface area contributed by atoms with Gasteiger partial charge < -0.3 is 10.1 Å². The molecule has 0 radical (unpaired) electrons. The highest BCUT2D eigenvalue weighted by molar-refractivity contribution is 7.92. The fraction of sp³-hybridized carbons (Fsp3) is 0.857. The molecule has 1 heterocycles. The first-order valence-electron chi connectivity index (χ1n) is 7.25. The summed E-state index contributed by atoms with van der Waals surface area (Å²) in [5.74, 6) is -1.81. The second-order valence-corrected chi connectivity index (χ2v) is 8.83. The van der Waals surface area contributed by atoms with Crippen molar-refractivity contribution in [1.29, 1.82) is 0 Å². The molecule has 0 bridgehead atoms. The summed E-state index contributed by atoms with van der Waals surface area (Å²) >= 11 is 0. The standard InChI is InChI=1S/C14H25NO5S/c1-5-20-13(17)11(14(2,3)4)12(16)15-9-10-7-6-8-21(10,18)19/h10-11H,5-9H2,1-4H3,(H,15,16). The van der Waals surface area contributed by atoms with Gasteiger partial charge in [-0.3, -0.25) is 9.59 Å². The molecule has 0 saturated carbocycles. The predicted molar refractivity (Wildman–Crippen MR) is 79.4 cm³/mol. The van der Waals surface area contributed by atoms with Crippen molar-refractivity contribution in [2.75, 3.05) is 18.9 Å².